The molecule has 0 aliphatic carbocycles. The second-order valence-corrected chi connectivity index (χ2v) is 4.83. The van der Waals surface area contributed by atoms with Crippen LogP contribution in [0.4, 0.5) is 0 Å². The fraction of sp³-hybridized carbons (Fsp3) is 0.765. The Labute approximate surface area is 109 Å². The predicted octanol–water partition coefficient (Wildman–Crippen LogP) is 5.88. The smallest absolute Gasteiger partial charge is 0.00860 e. The Balaban J connectivity index is 2.98. The van der Waals surface area contributed by atoms with E-state index < -0.39 is 0 Å². The fourth-order valence-corrected chi connectivity index (χ4v) is 1.93. The highest BCUT2D eigenvalue weighted by Gasteiger charge is 1.90. The summed E-state index contributed by atoms with van der Waals surface area (Å²) in [5.74, 6) is 2.70. The monoisotopic (exact) mass is 234 g/mol. The van der Waals surface area contributed by atoms with Crippen molar-refractivity contribution >= 4 is 0 Å². The normalized spacial score (nSPS) is 10.8. The van der Waals surface area contributed by atoms with Crippen molar-refractivity contribution in [1.82, 2.24) is 0 Å². The van der Waals surface area contributed by atoms with E-state index in [-0.39, 0.29) is 0 Å². The summed E-state index contributed by atoms with van der Waals surface area (Å²) in [6, 6.07) is 0. The molecule has 0 bridgehead atoms. The van der Waals surface area contributed by atoms with Gasteiger partial charge in [-0.2, -0.15) is 0 Å². The fourth-order valence-electron chi connectivity index (χ4n) is 1.93. The van der Waals surface area contributed by atoms with Gasteiger partial charge in [0.15, 0.2) is 0 Å². The molecule has 0 fully saturated rings. The van der Waals surface area contributed by atoms with Gasteiger partial charge in [0, 0.05) is 6.42 Å². The van der Waals surface area contributed by atoms with Crippen LogP contribution in [0.3, 0.4) is 0 Å². The van der Waals surface area contributed by atoms with Crippen LogP contribution in [-0.4, -0.2) is 0 Å². The first-order chi connectivity index (χ1) is 8.41. The van der Waals surface area contributed by atoms with Crippen molar-refractivity contribution in [2.45, 2.75) is 84.0 Å². The summed E-state index contributed by atoms with van der Waals surface area (Å²) in [4.78, 5) is 0. The lowest BCUT2D eigenvalue weighted by atomic mass is 10.1. The van der Waals surface area contributed by atoms with Crippen molar-refractivity contribution in [1.29, 1.82) is 0 Å². The molecule has 0 heterocycles. The minimum absolute atomic E-state index is 0.961. The Morgan fingerprint density at radius 1 is 0.765 bits per heavy atom. The molecule has 0 aromatic carbocycles. The molecule has 0 saturated heterocycles. The molecule has 0 aromatic heterocycles. The molecule has 0 atom stereocenters. The molecule has 0 spiro atoms. The molecule has 0 rings (SSSR count). The molecule has 0 radical (unpaired) electrons. The second-order valence-electron chi connectivity index (χ2n) is 4.83. The maximum atomic E-state index is 5.21. The van der Waals surface area contributed by atoms with Crippen LogP contribution in [-0.2, 0) is 0 Å². The number of hydrogen-bond acceptors (Lipinski definition) is 0. The standard InChI is InChI=1S/C17H30/c1-3-5-7-9-11-13-15-17-16-14-12-10-8-6-4-2/h1,10,12H,4-9,11,13-17H2,2H3/b12-10-. The minimum Gasteiger partial charge on any atom is -0.120 e. The molecule has 0 aliphatic rings. The zero-order chi connectivity index (χ0) is 12.6. The van der Waals surface area contributed by atoms with Gasteiger partial charge in [0.2, 0.25) is 0 Å². The zero-order valence-corrected chi connectivity index (χ0v) is 11.7. The average molecular weight is 234 g/mol. The van der Waals surface area contributed by atoms with Gasteiger partial charge in [-0.15, -0.1) is 12.3 Å². The van der Waals surface area contributed by atoms with E-state index in [1.54, 1.807) is 0 Å². The molecule has 0 unspecified atom stereocenters. The van der Waals surface area contributed by atoms with Crippen LogP contribution in [0.5, 0.6) is 0 Å². The van der Waals surface area contributed by atoms with Gasteiger partial charge in [-0.1, -0.05) is 64.0 Å². The highest BCUT2D eigenvalue weighted by molar-refractivity contribution is 4.82. The van der Waals surface area contributed by atoms with Gasteiger partial charge in [0.05, 0.1) is 0 Å². The Kier molecular flexibility index (Phi) is 14.7. The van der Waals surface area contributed by atoms with E-state index in [1.807, 2.05) is 0 Å². The van der Waals surface area contributed by atoms with E-state index >= 15 is 0 Å². The van der Waals surface area contributed by atoms with Gasteiger partial charge in [-0.25, -0.2) is 0 Å². The Bertz CT molecular complexity index is 195. The third kappa shape index (κ3) is 15.3. The summed E-state index contributed by atoms with van der Waals surface area (Å²) in [5, 5.41) is 0. The van der Waals surface area contributed by atoms with E-state index in [0.717, 1.165) is 6.42 Å². The van der Waals surface area contributed by atoms with Crippen LogP contribution in [0.2, 0.25) is 0 Å². The van der Waals surface area contributed by atoms with Crippen LogP contribution in [0.25, 0.3) is 0 Å². The Hall–Kier alpha value is -0.700. The van der Waals surface area contributed by atoms with Gasteiger partial charge in [-0.3, -0.25) is 0 Å². The van der Waals surface area contributed by atoms with Gasteiger partial charge in [0.1, 0.15) is 0 Å². The van der Waals surface area contributed by atoms with Crippen LogP contribution in [0.1, 0.15) is 84.0 Å². The van der Waals surface area contributed by atoms with E-state index in [1.165, 1.54) is 70.6 Å². The molecular weight excluding hydrogens is 204 g/mol. The summed E-state index contributed by atoms with van der Waals surface area (Å²) in [5.41, 5.74) is 0. The third-order valence-corrected chi connectivity index (χ3v) is 3.08. The summed E-state index contributed by atoms with van der Waals surface area (Å²) in [6.07, 6.45) is 25.6. The van der Waals surface area contributed by atoms with E-state index in [9.17, 15) is 0 Å². The van der Waals surface area contributed by atoms with Crippen LogP contribution in [0.15, 0.2) is 12.2 Å². The summed E-state index contributed by atoms with van der Waals surface area (Å²) in [7, 11) is 0. The lowest BCUT2D eigenvalue weighted by Crippen LogP contribution is -1.80. The zero-order valence-electron chi connectivity index (χ0n) is 11.7. The number of rotatable bonds is 12. The quantitative estimate of drug-likeness (QED) is 0.225. The lowest BCUT2D eigenvalue weighted by Gasteiger charge is -1.99. The van der Waals surface area contributed by atoms with E-state index in [0.29, 0.717) is 0 Å². The first kappa shape index (κ1) is 16.3. The van der Waals surface area contributed by atoms with Crippen molar-refractivity contribution in [2.24, 2.45) is 0 Å². The lowest BCUT2D eigenvalue weighted by molar-refractivity contribution is 0.585. The molecule has 0 aromatic rings. The molecule has 0 N–H and O–H groups in total. The molecule has 0 heteroatoms. The van der Waals surface area contributed by atoms with Gasteiger partial charge in [0.25, 0.3) is 0 Å². The SMILES string of the molecule is C#CCCCCCCCCC/C=C\CCCC. The third-order valence-electron chi connectivity index (χ3n) is 3.08. The number of allylic oxidation sites excluding steroid dienone is 2. The first-order valence-corrected chi connectivity index (χ1v) is 7.50. The number of terminal acetylenes is 1. The summed E-state index contributed by atoms with van der Waals surface area (Å²) >= 11 is 0. The highest BCUT2D eigenvalue weighted by Crippen LogP contribution is 2.09. The molecule has 0 nitrogen and oxygen atoms in total. The van der Waals surface area contributed by atoms with Crippen LogP contribution >= 0.6 is 0 Å². The van der Waals surface area contributed by atoms with Crippen LogP contribution < -0.4 is 0 Å². The average Bonchev–Trinajstić information content (AvgIpc) is 2.35. The Morgan fingerprint density at radius 3 is 1.88 bits per heavy atom. The van der Waals surface area contributed by atoms with Crippen molar-refractivity contribution in [2.75, 3.05) is 0 Å². The molecule has 0 aliphatic heterocycles. The van der Waals surface area contributed by atoms with Crippen molar-refractivity contribution < 1.29 is 0 Å². The van der Waals surface area contributed by atoms with E-state index in [4.69, 9.17) is 6.42 Å². The summed E-state index contributed by atoms with van der Waals surface area (Å²) in [6.45, 7) is 2.25. The van der Waals surface area contributed by atoms with Crippen molar-refractivity contribution in [3.8, 4) is 12.3 Å². The molecular formula is C17H30. The maximum absolute atomic E-state index is 5.21. The molecule has 0 saturated carbocycles. The highest BCUT2D eigenvalue weighted by atomic mass is 14.0. The van der Waals surface area contributed by atoms with Gasteiger partial charge < -0.3 is 0 Å². The maximum Gasteiger partial charge on any atom is 0.00860 e. The van der Waals surface area contributed by atoms with E-state index in [2.05, 4.69) is 25.0 Å². The Morgan fingerprint density at radius 2 is 1.29 bits per heavy atom. The van der Waals surface area contributed by atoms with Gasteiger partial charge >= 0.3 is 0 Å². The largest absolute Gasteiger partial charge is 0.120 e. The topological polar surface area (TPSA) is 0 Å². The number of unbranched alkanes of at least 4 members (excludes halogenated alkanes) is 10. The predicted molar refractivity (Wildman–Crippen MR) is 79.1 cm³/mol. The van der Waals surface area contributed by atoms with Crippen LogP contribution in [0, 0.1) is 12.3 Å². The minimum atomic E-state index is 0.961. The second kappa shape index (κ2) is 15.3. The first-order valence-electron chi connectivity index (χ1n) is 7.50. The molecule has 98 valence electrons. The summed E-state index contributed by atoms with van der Waals surface area (Å²) < 4.78 is 0. The molecule has 0 amide bonds. The van der Waals surface area contributed by atoms with Crippen molar-refractivity contribution in [3.63, 3.8) is 0 Å². The van der Waals surface area contributed by atoms with Crippen molar-refractivity contribution in [3.05, 3.63) is 12.2 Å². The molecule has 17 heavy (non-hydrogen) atoms. The van der Waals surface area contributed by atoms with Gasteiger partial charge in [-0.05, 0) is 25.7 Å². The number of hydrogen-bond donors (Lipinski definition) is 0.